The predicted octanol–water partition coefficient (Wildman–Crippen LogP) is 3.22. The highest BCUT2D eigenvalue weighted by Crippen LogP contribution is 2.00. The van der Waals surface area contributed by atoms with Crippen molar-refractivity contribution in [3.8, 4) is 0 Å². The van der Waals surface area contributed by atoms with Crippen molar-refractivity contribution in [2.24, 2.45) is 5.92 Å². The van der Waals surface area contributed by atoms with E-state index < -0.39 is 0 Å². The lowest BCUT2D eigenvalue weighted by atomic mass is 10.2. The van der Waals surface area contributed by atoms with Crippen molar-refractivity contribution < 1.29 is 4.74 Å². The number of hydrogen-bond acceptors (Lipinski definition) is 1. The monoisotopic (exact) mass is 222 g/mol. The first-order valence-corrected chi connectivity index (χ1v) is 5.53. The first kappa shape index (κ1) is 11.4. The van der Waals surface area contributed by atoms with Crippen LogP contribution in [0.2, 0.25) is 0 Å². The lowest BCUT2D eigenvalue weighted by Crippen LogP contribution is -2.02. The smallest absolute Gasteiger partial charge is 0.0488 e. The standard InChI is InChI=1S/C9H19BrO/c1-9(2)8-11-7-5-3-4-6-10/h9H,3-8H2,1-2H3. The molecule has 0 aliphatic rings. The van der Waals surface area contributed by atoms with Crippen molar-refractivity contribution in [1.29, 1.82) is 0 Å². The van der Waals surface area contributed by atoms with Gasteiger partial charge in [-0.2, -0.15) is 0 Å². The van der Waals surface area contributed by atoms with Gasteiger partial charge in [-0.25, -0.2) is 0 Å². The molecule has 0 radical (unpaired) electrons. The van der Waals surface area contributed by atoms with Crippen LogP contribution in [0.25, 0.3) is 0 Å². The van der Waals surface area contributed by atoms with Crippen LogP contribution in [0.15, 0.2) is 0 Å². The van der Waals surface area contributed by atoms with Crippen LogP contribution in [0.4, 0.5) is 0 Å². The molecule has 0 unspecified atom stereocenters. The maximum Gasteiger partial charge on any atom is 0.0488 e. The molecule has 0 bridgehead atoms. The summed E-state index contributed by atoms with van der Waals surface area (Å²) >= 11 is 3.40. The molecule has 0 saturated heterocycles. The Kier molecular flexibility index (Phi) is 8.88. The zero-order valence-electron chi connectivity index (χ0n) is 7.61. The molecule has 0 aliphatic heterocycles. The second-order valence-electron chi connectivity index (χ2n) is 3.22. The molecule has 0 fully saturated rings. The second kappa shape index (κ2) is 8.54. The van der Waals surface area contributed by atoms with Crippen LogP contribution in [0.3, 0.4) is 0 Å². The first-order chi connectivity index (χ1) is 5.27. The van der Waals surface area contributed by atoms with Crippen LogP contribution in [0.5, 0.6) is 0 Å². The Bertz CT molecular complexity index is 74.0. The summed E-state index contributed by atoms with van der Waals surface area (Å²) < 4.78 is 5.43. The zero-order valence-corrected chi connectivity index (χ0v) is 9.19. The van der Waals surface area contributed by atoms with E-state index in [9.17, 15) is 0 Å². The molecule has 0 saturated carbocycles. The number of halogens is 1. The molecular formula is C9H19BrO. The van der Waals surface area contributed by atoms with Gasteiger partial charge in [0.15, 0.2) is 0 Å². The summed E-state index contributed by atoms with van der Waals surface area (Å²) in [5.41, 5.74) is 0. The molecule has 0 N–H and O–H groups in total. The summed E-state index contributed by atoms with van der Waals surface area (Å²) in [4.78, 5) is 0. The van der Waals surface area contributed by atoms with Crippen LogP contribution in [0, 0.1) is 5.92 Å². The van der Waals surface area contributed by atoms with E-state index in [-0.39, 0.29) is 0 Å². The largest absolute Gasteiger partial charge is 0.381 e. The Morgan fingerprint density at radius 3 is 2.45 bits per heavy atom. The Labute approximate surface area is 78.6 Å². The van der Waals surface area contributed by atoms with Gasteiger partial charge in [0.1, 0.15) is 0 Å². The fourth-order valence-electron chi connectivity index (χ4n) is 0.794. The van der Waals surface area contributed by atoms with Crippen LogP contribution < -0.4 is 0 Å². The SMILES string of the molecule is CC(C)COCCCCCBr. The number of unbranched alkanes of at least 4 members (excludes halogenated alkanes) is 2. The van der Waals surface area contributed by atoms with Gasteiger partial charge in [-0.05, 0) is 18.8 Å². The number of alkyl halides is 1. The molecule has 0 aromatic rings. The van der Waals surface area contributed by atoms with E-state index in [0.717, 1.165) is 18.5 Å². The molecule has 0 atom stereocenters. The van der Waals surface area contributed by atoms with Crippen LogP contribution in [0.1, 0.15) is 33.1 Å². The molecule has 0 rings (SSSR count). The predicted molar refractivity (Wildman–Crippen MR) is 53.3 cm³/mol. The second-order valence-corrected chi connectivity index (χ2v) is 4.01. The van der Waals surface area contributed by atoms with E-state index in [1.807, 2.05) is 0 Å². The van der Waals surface area contributed by atoms with Gasteiger partial charge < -0.3 is 4.74 Å². The molecule has 0 aromatic carbocycles. The van der Waals surface area contributed by atoms with E-state index >= 15 is 0 Å². The van der Waals surface area contributed by atoms with Crippen molar-refractivity contribution in [3.05, 3.63) is 0 Å². The molecule has 1 nitrogen and oxygen atoms in total. The van der Waals surface area contributed by atoms with E-state index in [1.54, 1.807) is 0 Å². The van der Waals surface area contributed by atoms with Crippen molar-refractivity contribution in [2.75, 3.05) is 18.5 Å². The Hall–Kier alpha value is 0.440. The molecule has 0 spiro atoms. The average Bonchev–Trinajstić information content (AvgIpc) is 1.96. The van der Waals surface area contributed by atoms with Gasteiger partial charge in [-0.3, -0.25) is 0 Å². The van der Waals surface area contributed by atoms with Gasteiger partial charge in [-0.15, -0.1) is 0 Å². The Morgan fingerprint density at radius 2 is 1.91 bits per heavy atom. The summed E-state index contributed by atoms with van der Waals surface area (Å²) in [6.45, 7) is 6.20. The highest BCUT2D eigenvalue weighted by Gasteiger charge is 1.93. The summed E-state index contributed by atoms with van der Waals surface area (Å²) in [7, 11) is 0. The van der Waals surface area contributed by atoms with Crippen molar-refractivity contribution >= 4 is 15.9 Å². The Balaban J connectivity index is 2.80. The lowest BCUT2D eigenvalue weighted by molar-refractivity contribution is 0.107. The maximum atomic E-state index is 5.43. The lowest BCUT2D eigenvalue weighted by Gasteiger charge is -2.05. The first-order valence-electron chi connectivity index (χ1n) is 4.41. The van der Waals surface area contributed by atoms with Gasteiger partial charge in [0.2, 0.25) is 0 Å². The minimum Gasteiger partial charge on any atom is -0.381 e. The number of ether oxygens (including phenoxy) is 1. The van der Waals surface area contributed by atoms with E-state index in [0.29, 0.717) is 5.92 Å². The summed E-state index contributed by atoms with van der Waals surface area (Å²) in [6, 6.07) is 0. The number of rotatable bonds is 7. The van der Waals surface area contributed by atoms with Crippen LogP contribution in [-0.4, -0.2) is 18.5 Å². The molecule has 0 aromatic heterocycles. The van der Waals surface area contributed by atoms with Crippen molar-refractivity contribution in [3.63, 3.8) is 0 Å². The summed E-state index contributed by atoms with van der Waals surface area (Å²) in [5, 5.41) is 1.12. The van der Waals surface area contributed by atoms with E-state index in [4.69, 9.17) is 4.74 Å². The van der Waals surface area contributed by atoms with Gasteiger partial charge in [-0.1, -0.05) is 36.2 Å². The minimum absolute atomic E-state index is 0.672. The third kappa shape index (κ3) is 10.4. The maximum absolute atomic E-state index is 5.43. The molecule has 0 heterocycles. The van der Waals surface area contributed by atoms with E-state index in [2.05, 4.69) is 29.8 Å². The fourth-order valence-corrected chi connectivity index (χ4v) is 1.19. The molecule has 11 heavy (non-hydrogen) atoms. The normalized spacial score (nSPS) is 10.9. The Morgan fingerprint density at radius 1 is 1.18 bits per heavy atom. The molecular weight excluding hydrogens is 204 g/mol. The highest BCUT2D eigenvalue weighted by molar-refractivity contribution is 9.09. The van der Waals surface area contributed by atoms with Gasteiger partial charge >= 0.3 is 0 Å². The highest BCUT2D eigenvalue weighted by atomic mass is 79.9. The molecule has 2 heteroatoms. The topological polar surface area (TPSA) is 9.23 Å². The third-order valence-electron chi connectivity index (χ3n) is 1.37. The molecule has 0 amide bonds. The van der Waals surface area contributed by atoms with Crippen LogP contribution in [-0.2, 0) is 4.74 Å². The van der Waals surface area contributed by atoms with Crippen LogP contribution >= 0.6 is 15.9 Å². The molecule has 68 valence electrons. The minimum atomic E-state index is 0.672. The van der Waals surface area contributed by atoms with Crippen molar-refractivity contribution in [2.45, 2.75) is 33.1 Å². The van der Waals surface area contributed by atoms with Gasteiger partial charge in [0.05, 0.1) is 0 Å². The zero-order chi connectivity index (χ0) is 8.53. The average molecular weight is 223 g/mol. The van der Waals surface area contributed by atoms with Gasteiger partial charge in [0, 0.05) is 18.5 Å². The van der Waals surface area contributed by atoms with Crippen molar-refractivity contribution in [1.82, 2.24) is 0 Å². The number of hydrogen-bond donors (Lipinski definition) is 0. The fraction of sp³-hybridized carbons (Fsp3) is 1.00. The summed E-state index contributed by atoms with van der Waals surface area (Å²) in [5.74, 6) is 0.672. The molecule has 0 aliphatic carbocycles. The quantitative estimate of drug-likeness (QED) is 0.475. The van der Waals surface area contributed by atoms with Gasteiger partial charge in [0.25, 0.3) is 0 Å². The third-order valence-corrected chi connectivity index (χ3v) is 1.93. The summed E-state index contributed by atoms with van der Waals surface area (Å²) in [6.07, 6.45) is 3.76. The van der Waals surface area contributed by atoms with E-state index in [1.165, 1.54) is 19.3 Å².